The van der Waals surface area contributed by atoms with Crippen LogP contribution in [0.25, 0.3) is 11.2 Å². The van der Waals surface area contributed by atoms with Crippen molar-refractivity contribution < 1.29 is 28.7 Å². The number of aromatic nitrogens is 4. The molecule has 1 fully saturated rings. The van der Waals surface area contributed by atoms with Gasteiger partial charge in [-0.3, -0.25) is 9.09 Å². The molecule has 22 heavy (non-hydrogen) atoms. The number of nitrogens with two attached hydrogens (primary N) is 1. The SMILES string of the molecule is Nc1ncnc2c1ncn2C1C[C@H](O)C(COP(=O)(O)O)O1. The number of nitrogen functional groups attached to an aromatic ring is 1. The molecule has 0 amide bonds. The lowest BCUT2D eigenvalue weighted by Gasteiger charge is -2.16. The monoisotopic (exact) mass is 331 g/mol. The van der Waals surface area contributed by atoms with Gasteiger partial charge in [-0.15, -0.1) is 0 Å². The zero-order valence-electron chi connectivity index (χ0n) is 11.2. The summed E-state index contributed by atoms with van der Waals surface area (Å²) in [7, 11) is -4.62. The summed E-state index contributed by atoms with van der Waals surface area (Å²) in [6, 6.07) is 0. The van der Waals surface area contributed by atoms with E-state index in [1.54, 1.807) is 4.57 Å². The highest BCUT2D eigenvalue weighted by Crippen LogP contribution is 2.38. The topological polar surface area (TPSA) is 166 Å². The quantitative estimate of drug-likeness (QED) is 0.519. The van der Waals surface area contributed by atoms with Crippen LogP contribution in [-0.4, -0.2) is 53.2 Å². The molecule has 120 valence electrons. The maximum atomic E-state index is 10.7. The Labute approximate surface area is 124 Å². The number of nitrogens with zero attached hydrogens (tertiary/aromatic N) is 4. The summed E-state index contributed by atoms with van der Waals surface area (Å²) in [5.41, 5.74) is 6.55. The number of hydrogen-bond acceptors (Lipinski definition) is 8. The third-order valence-electron chi connectivity index (χ3n) is 3.31. The Morgan fingerprint density at radius 1 is 1.45 bits per heavy atom. The van der Waals surface area contributed by atoms with E-state index < -0.39 is 32.9 Å². The number of hydrogen-bond donors (Lipinski definition) is 4. The van der Waals surface area contributed by atoms with Crippen molar-refractivity contribution in [3.05, 3.63) is 12.7 Å². The van der Waals surface area contributed by atoms with Gasteiger partial charge in [0.15, 0.2) is 11.5 Å². The van der Waals surface area contributed by atoms with Crippen LogP contribution < -0.4 is 5.73 Å². The first-order chi connectivity index (χ1) is 10.3. The van der Waals surface area contributed by atoms with Gasteiger partial charge in [-0.25, -0.2) is 19.5 Å². The highest BCUT2D eigenvalue weighted by Gasteiger charge is 2.37. The van der Waals surface area contributed by atoms with Gasteiger partial charge in [0.2, 0.25) is 0 Å². The van der Waals surface area contributed by atoms with Crippen molar-refractivity contribution in [3.8, 4) is 0 Å². The van der Waals surface area contributed by atoms with Crippen LogP contribution in [-0.2, 0) is 13.8 Å². The smallest absolute Gasteiger partial charge is 0.390 e. The van der Waals surface area contributed by atoms with Gasteiger partial charge in [-0.05, 0) is 0 Å². The normalized spacial score (nSPS) is 25.9. The van der Waals surface area contributed by atoms with Gasteiger partial charge < -0.3 is 25.4 Å². The van der Waals surface area contributed by atoms with E-state index >= 15 is 0 Å². The van der Waals surface area contributed by atoms with Gasteiger partial charge in [-0.2, -0.15) is 0 Å². The Bertz CT molecular complexity index is 732. The summed E-state index contributed by atoms with van der Waals surface area (Å²) in [6.07, 6.45) is 0.543. The van der Waals surface area contributed by atoms with E-state index in [0.29, 0.717) is 11.2 Å². The van der Waals surface area contributed by atoms with Crippen LogP contribution >= 0.6 is 7.82 Å². The number of ether oxygens (including phenoxy) is 1. The van der Waals surface area contributed by atoms with Crippen molar-refractivity contribution in [1.82, 2.24) is 19.5 Å². The second-order valence-electron chi connectivity index (χ2n) is 4.80. The molecule has 2 aromatic heterocycles. The Morgan fingerprint density at radius 3 is 2.95 bits per heavy atom. The number of aliphatic hydroxyl groups is 1. The molecule has 3 rings (SSSR count). The summed E-state index contributed by atoms with van der Waals surface area (Å²) in [6.45, 7) is -0.425. The fourth-order valence-corrected chi connectivity index (χ4v) is 2.63. The largest absolute Gasteiger partial charge is 0.469 e. The van der Waals surface area contributed by atoms with Gasteiger partial charge in [0, 0.05) is 6.42 Å². The number of imidazole rings is 1. The summed E-state index contributed by atoms with van der Waals surface area (Å²) in [4.78, 5) is 29.4. The van der Waals surface area contributed by atoms with Crippen molar-refractivity contribution in [2.75, 3.05) is 12.3 Å². The van der Waals surface area contributed by atoms with Gasteiger partial charge in [0.25, 0.3) is 0 Å². The summed E-state index contributed by atoms with van der Waals surface area (Å²) < 4.78 is 22.2. The summed E-state index contributed by atoms with van der Waals surface area (Å²) in [5, 5.41) is 9.93. The molecular formula is C10H14N5O6P. The lowest BCUT2D eigenvalue weighted by molar-refractivity contribution is -0.0424. The highest BCUT2D eigenvalue weighted by molar-refractivity contribution is 7.46. The Hall–Kier alpha value is -1.62. The molecule has 0 radical (unpaired) electrons. The Balaban J connectivity index is 1.78. The van der Waals surface area contributed by atoms with Crippen LogP contribution in [0, 0.1) is 0 Å². The molecule has 0 aromatic carbocycles. The Morgan fingerprint density at radius 2 is 2.23 bits per heavy atom. The molecule has 2 aromatic rings. The average molecular weight is 331 g/mol. The molecule has 11 nitrogen and oxygen atoms in total. The number of phosphoric acid groups is 1. The molecule has 2 unspecified atom stereocenters. The molecule has 0 saturated carbocycles. The minimum atomic E-state index is -4.62. The van der Waals surface area contributed by atoms with E-state index in [0.717, 1.165) is 0 Å². The predicted molar refractivity (Wildman–Crippen MR) is 72.3 cm³/mol. The van der Waals surface area contributed by atoms with Crippen LogP contribution in [0.5, 0.6) is 0 Å². The third-order valence-corrected chi connectivity index (χ3v) is 3.79. The molecule has 1 aliphatic heterocycles. The van der Waals surface area contributed by atoms with Gasteiger partial charge in [0.1, 0.15) is 24.2 Å². The van der Waals surface area contributed by atoms with Crippen molar-refractivity contribution in [1.29, 1.82) is 0 Å². The molecule has 3 heterocycles. The molecule has 1 aliphatic rings. The van der Waals surface area contributed by atoms with Crippen molar-refractivity contribution in [2.24, 2.45) is 0 Å². The van der Waals surface area contributed by atoms with E-state index in [-0.39, 0.29) is 12.2 Å². The van der Waals surface area contributed by atoms with E-state index in [4.69, 9.17) is 20.3 Å². The van der Waals surface area contributed by atoms with E-state index in [1.807, 2.05) is 0 Å². The van der Waals surface area contributed by atoms with Crippen molar-refractivity contribution in [3.63, 3.8) is 0 Å². The lowest BCUT2D eigenvalue weighted by Crippen LogP contribution is -2.25. The van der Waals surface area contributed by atoms with E-state index in [9.17, 15) is 9.67 Å². The van der Waals surface area contributed by atoms with Crippen molar-refractivity contribution >= 4 is 24.8 Å². The zero-order chi connectivity index (χ0) is 15.9. The Kier molecular flexibility index (Phi) is 3.85. The number of rotatable bonds is 4. The number of phosphoric ester groups is 1. The average Bonchev–Trinajstić information content (AvgIpc) is 3.00. The van der Waals surface area contributed by atoms with Crippen LogP contribution in [0.2, 0.25) is 0 Å². The first-order valence-electron chi connectivity index (χ1n) is 6.32. The van der Waals surface area contributed by atoms with Crippen LogP contribution in [0.4, 0.5) is 5.82 Å². The molecule has 0 aliphatic carbocycles. The second kappa shape index (κ2) is 5.54. The fourth-order valence-electron chi connectivity index (χ4n) is 2.29. The van der Waals surface area contributed by atoms with Gasteiger partial charge in [0.05, 0.1) is 19.0 Å². The molecule has 0 spiro atoms. The molecular weight excluding hydrogens is 317 g/mol. The van der Waals surface area contributed by atoms with Crippen molar-refractivity contribution in [2.45, 2.75) is 24.9 Å². The summed E-state index contributed by atoms with van der Waals surface area (Å²) in [5.74, 6) is 0.226. The molecule has 5 N–H and O–H groups in total. The summed E-state index contributed by atoms with van der Waals surface area (Å²) >= 11 is 0. The number of aliphatic hydroxyl groups excluding tert-OH is 1. The molecule has 1 saturated heterocycles. The first-order valence-corrected chi connectivity index (χ1v) is 7.85. The minimum Gasteiger partial charge on any atom is -0.390 e. The van der Waals surface area contributed by atoms with Gasteiger partial charge >= 0.3 is 7.82 Å². The number of anilines is 1. The predicted octanol–water partition coefficient (Wildman–Crippen LogP) is -0.834. The lowest BCUT2D eigenvalue weighted by atomic mass is 10.2. The fraction of sp³-hybridized carbons (Fsp3) is 0.500. The standard InChI is InChI=1S/C10H14N5O6P/c11-9-8-10(13-3-12-9)15(4-14-8)7-1-5(16)6(21-7)2-20-22(17,18)19/h3-7,16H,1-2H2,(H2,11,12,13)(H2,17,18,19)/t5-,6?,7?/m0/s1. The second-order valence-corrected chi connectivity index (χ2v) is 6.04. The zero-order valence-corrected chi connectivity index (χ0v) is 12.1. The molecule has 0 bridgehead atoms. The maximum absolute atomic E-state index is 10.7. The molecule has 12 heteroatoms. The highest BCUT2D eigenvalue weighted by atomic mass is 31.2. The van der Waals surface area contributed by atoms with Crippen LogP contribution in [0.15, 0.2) is 12.7 Å². The maximum Gasteiger partial charge on any atom is 0.469 e. The van der Waals surface area contributed by atoms with E-state index in [2.05, 4.69) is 19.5 Å². The van der Waals surface area contributed by atoms with Crippen LogP contribution in [0.3, 0.4) is 0 Å². The van der Waals surface area contributed by atoms with Crippen LogP contribution in [0.1, 0.15) is 12.6 Å². The minimum absolute atomic E-state index is 0.199. The number of fused-ring (bicyclic) bond motifs is 1. The van der Waals surface area contributed by atoms with E-state index in [1.165, 1.54) is 12.7 Å². The molecule has 3 atom stereocenters. The first kappa shape index (κ1) is 15.3. The third kappa shape index (κ3) is 2.95. The van der Waals surface area contributed by atoms with Gasteiger partial charge in [-0.1, -0.05) is 0 Å².